The summed E-state index contributed by atoms with van der Waals surface area (Å²) in [6.07, 6.45) is 0. The lowest BCUT2D eigenvalue weighted by molar-refractivity contribution is 0.629. The van der Waals surface area contributed by atoms with Crippen molar-refractivity contribution in [3.05, 3.63) is 65.5 Å². The molecule has 1 atom stereocenters. The first-order valence-electron chi connectivity index (χ1n) is 5.65. The Morgan fingerprint density at radius 1 is 1.00 bits per heavy atom. The summed E-state index contributed by atoms with van der Waals surface area (Å²) in [4.78, 5) is 0. The molecule has 0 saturated heterocycles. The summed E-state index contributed by atoms with van der Waals surface area (Å²) in [5, 5.41) is 20.7. The smallest absolute Gasteiger partial charge is 0.146 e. The average molecular weight is 251 g/mol. The lowest BCUT2D eigenvalue weighted by Crippen LogP contribution is -2.09. The fourth-order valence-corrected chi connectivity index (χ4v) is 1.67. The van der Waals surface area contributed by atoms with E-state index in [0.717, 1.165) is 0 Å². The monoisotopic (exact) mass is 251 g/mol. The summed E-state index contributed by atoms with van der Waals surface area (Å²) >= 11 is 0. The Morgan fingerprint density at radius 2 is 1.68 bits per heavy atom. The molecular weight excluding hydrogens is 241 g/mol. The average Bonchev–Trinajstić information content (AvgIpc) is 2.47. The van der Waals surface area contributed by atoms with Crippen LogP contribution in [0.3, 0.4) is 0 Å². The first-order valence-corrected chi connectivity index (χ1v) is 5.65. The molecule has 1 unspecified atom stereocenters. The van der Waals surface area contributed by atoms with Crippen LogP contribution in [0.25, 0.3) is 0 Å². The molecule has 0 aliphatic heterocycles. The Balaban J connectivity index is 2.24. The van der Waals surface area contributed by atoms with E-state index in [4.69, 9.17) is 10.5 Å². The van der Waals surface area contributed by atoms with Crippen LogP contribution >= 0.6 is 0 Å². The normalized spacial score (nSPS) is 11.1. The Morgan fingerprint density at radius 3 is 2.26 bits per heavy atom. The second-order valence-corrected chi connectivity index (χ2v) is 3.92. The Hall–Kier alpha value is -2.85. The van der Waals surface area contributed by atoms with Gasteiger partial charge in [-0.05, 0) is 29.8 Å². The van der Waals surface area contributed by atoms with Gasteiger partial charge in [0.15, 0.2) is 0 Å². The topological polar surface area (TPSA) is 59.6 Å². The third kappa shape index (κ3) is 2.88. The van der Waals surface area contributed by atoms with Crippen molar-refractivity contribution >= 4 is 5.69 Å². The summed E-state index contributed by atoms with van der Waals surface area (Å²) in [7, 11) is 0. The number of nitrogens with one attached hydrogen (secondary N) is 1. The molecule has 92 valence electrons. The van der Waals surface area contributed by atoms with Crippen molar-refractivity contribution < 1.29 is 4.39 Å². The van der Waals surface area contributed by atoms with E-state index in [9.17, 15) is 4.39 Å². The highest BCUT2D eigenvalue weighted by atomic mass is 19.1. The van der Waals surface area contributed by atoms with Crippen LogP contribution in [0.4, 0.5) is 10.1 Å². The summed E-state index contributed by atoms with van der Waals surface area (Å²) in [6.45, 7) is 0. The maximum absolute atomic E-state index is 13.5. The van der Waals surface area contributed by atoms with Gasteiger partial charge >= 0.3 is 0 Å². The van der Waals surface area contributed by atoms with Gasteiger partial charge in [0.25, 0.3) is 0 Å². The molecule has 0 spiro atoms. The molecule has 0 aliphatic carbocycles. The van der Waals surface area contributed by atoms with Crippen LogP contribution in [0.15, 0.2) is 48.5 Å². The molecule has 1 N–H and O–H groups in total. The second kappa shape index (κ2) is 5.66. The minimum absolute atomic E-state index is 0.276. The molecule has 0 fully saturated rings. The summed E-state index contributed by atoms with van der Waals surface area (Å²) in [6, 6.07) is 16.2. The Bertz CT molecular complexity index is 650. The predicted octanol–water partition coefficient (Wildman–Crippen LogP) is 3.37. The number of rotatable bonds is 3. The van der Waals surface area contributed by atoms with Crippen LogP contribution < -0.4 is 5.32 Å². The van der Waals surface area contributed by atoms with E-state index in [1.165, 1.54) is 6.07 Å². The van der Waals surface area contributed by atoms with Gasteiger partial charge in [-0.15, -0.1) is 0 Å². The molecule has 0 radical (unpaired) electrons. The van der Waals surface area contributed by atoms with Crippen LogP contribution in [0.1, 0.15) is 17.2 Å². The van der Waals surface area contributed by atoms with Crippen LogP contribution in [0.2, 0.25) is 0 Å². The van der Waals surface area contributed by atoms with Gasteiger partial charge in [-0.25, -0.2) is 4.39 Å². The van der Waals surface area contributed by atoms with Crippen molar-refractivity contribution in [3.8, 4) is 12.1 Å². The molecule has 0 amide bonds. The third-order valence-corrected chi connectivity index (χ3v) is 2.68. The van der Waals surface area contributed by atoms with Crippen molar-refractivity contribution in [2.24, 2.45) is 0 Å². The van der Waals surface area contributed by atoms with E-state index in [1.807, 2.05) is 6.07 Å². The van der Waals surface area contributed by atoms with Gasteiger partial charge in [0.2, 0.25) is 0 Å². The summed E-state index contributed by atoms with van der Waals surface area (Å²) in [5.74, 6) is -0.406. The number of nitriles is 2. The van der Waals surface area contributed by atoms with Gasteiger partial charge in [-0.3, -0.25) is 0 Å². The minimum Gasteiger partial charge on any atom is -0.364 e. The molecule has 0 aromatic heterocycles. The third-order valence-electron chi connectivity index (χ3n) is 2.68. The number of para-hydroxylation sites is 1. The Labute approximate surface area is 110 Å². The standard InChI is InChI=1S/C15H10FN3/c16-13-3-1-2-4-14(13)19-15(10-18)12-7-5-11(9-17)6-8-12/h1-8,15,19H. The van der Waals surface area contributed by atoms with Crippen LogP contribution in [-0.4, -0.2) is 0 Å². The van der Waals surface area contributed by atoms with Crippen LogP contribution in [0.5, 0.6) is 0 Å². The van der Waals surface area contributed by atoms with Crippen molar-refractivity contribution in [2.45, 2.75) is 6.04 Å². The molecular formula is C15H10FN3. The van der Waals surface area contributed by atoms with E-state index in [0.29, 0.717) is 11.1 Å². The van der Waals surface area contributed by atoms with Crippen LogP contribution in [-0.2, 0) is 0 Å². The summed E-state index contributed by atoms with van der Waals surface area (Å²) < 4.78 is 13.5. The van der Waals surface area contributed by atoms with Gasteiger partial charge in [-0.1, -0.05) is 24.3 Å². The number of benzene rings is 2. The van der Waals surface area contributed by atoms with Crippen molar-refractivity contribution in [2.75, 3.05) is 5.32 Å². The predicted molar refractivity (Wildman–Crippen MR) is 69.5 cm³/mol. The highest BCUT2D eigenvalue weighted by molar-refractivity contribution is 5.49. The molecule has 0 aliphatic rings. The maximum Gasteiger partial charge on any atom is 0.146 e. The van der Waals surface area contributed by atoms with E-state index < -0.39 is 11.9 Å². The number of hydrogen-bond acceptors (Lipinski definition) is 3. The zero-order chi connectivity index (χ0) is 13.7. The largest absolute Gasteiger partial charge is 0.364 e. The first-order chi connectivity index (χ1) is 9.24. The van der Waals surface area contributed by atoms with Gasteiger partial charge < -0.3 is 5.32 Å². The molecule has 0 bridgehead atoms. The molecule has 2 aromatic rings. The SMILES string of the molecule is N#Cc1ccc(C(C#N)Nc2ccccc2F)cc1. The lowest BCUT2D eigenvalue weighted by atomic mass is 10.1. The maximum atomic E-state index is 13.5. The molecule has 0 heterocycles. The molecule has 19 heavy (non-hydrogen) atoms. The van der Waals surface area contributed by atoms with Gasteiger partial charge in [-0.2, -0.15) is 10.5 Å². The van der Waals surface area contributed by atoms with Crippen molar-refractivity contribution in [1.29, 1.82) is 10.5 Å². The van der Waals surface area contributed by atoms with E-state index >= 15 is 0 Å². The number of anilines is 1. The highest BCUT2D eigenvalue weighted by Crippen LogP contribution is 2.21. The van der Waals surface area contributed by atoms with Gasteiger partial charge in [0, 0.05) is 0 Å². The van der Waals surface area contributed by atoms with E-state index in [-0.39, 0.29) is 5.69 Å². The second-order valence-electron chi connectivity index (χ2n) is 3.92. The van der Waals surface area contributed by atoms with E-state index in [2.05, 4.69) is 11.4 Å². The number of halogens is 1. The lowest BCUT2D eigenvalue weighted by Gasteiger charge is -2.13. The molecule has 4 heteroatoms. The quantitative estimate of drug-likeness (QED) is 0.909. The van der Waals surface area contributed by atoms with Crippen molar-refractivity contribution in [3.63, 3.8) is 0 Å². The molecule has 3 nitrogen and oxygen atoms in total. The number of hydrogen-bond donors (Lipinski definition) is 1. The summed E-state index contributed by atoms with van der Waals surface area (Å²) in [5.41, 5.74) is 1.48. The minimum atomic E-state index is -0.662. The fourth-order valence-electron chi connectivity index (χ4n) is 1.67. The molecule has 2 aromatic carbocycles. The Kier molecular flexibility index (Phi) is 3.75. The first kappa shape index (κ1) is 12.6. The van der Waals surface area contributed by atoms with Crippen LogP contribution in [0, 0.1) is 28.5 Å². The molecule has 2 rings (SSSR count). The van der Waals surface area contributed by atoms with E-state index in [1.54, 1.807) is 42.5 Å². The number of nitrogens with zero attached hydrogens (tertiary/aromatic N) is 2. The van der Waals surface area contributed by atoms with Gasteiger partial charge in [0.1, 0.15) is 11.9 Å². The fraction of sp³-hybridized carbons (Fsp3) is 0.0667. The van der Waals surface area contributed by atoms with Crippen molar-refractivity contribution in [1.82, 2.24) is 0 Å². The zero-order valence-corrected chi connectivity index (χ0v) is 9.97. The zero-order valence-electron chi connectivity index (χ0n) is 9.97. The van der Waals surface area contributed by atoms with Gasteiger partial charge in [0.05, 0.1) is 23.4 Å². The molecule has 0 saturated carbocycles. The highest BCUT2D eigenvalue weighted by Gasteiger charge is 2.12.